The highest BCUT2D eigenvalue weighted by Crippen LogP contribution is 2.25. The zero-order valence-electron chi connectivity index (χ0n) is 7.84. The Morgan fingerprint density at radius 3 is 3.14 bits per heavy atom. The minimum absolute atomic E-state index is 0.0657. The fourth-order valence-corrected chi connectivity index (χ4v) is 1.56. The van der Waals surface area contributed by atoms with E-state index in [9.17, 15) is 4.79 Å². The fraction of sp³-hybridized carbons (Fsp3) is 0.300. The van der Waals surface area contributed by atoms with Gasteiger partial charge >= 0.3 is 0 Å². The lowest BCUT2D eigenvalue weighted by molar-refractivity contribution is -0.115. The molecule has 1 aliphatic rings. The third-order valence-corrected chi connectivity index (χ3v) is 2.20. The molecular formula is C10H13N3O. The zero-order chi connectivity index (χ0) is 9.97. The van der Waals surface area contributed by atoms with E-state index in [1.807, 2.05) is 18.2 Å². The Morgan fingerprint density at radius 1 is 1.50 bits per heavy atom. The quantitative estimate of drug-likeness (QED) is 0.653. The van der Waals surface area contributed by atoms with Crippen LogP contribution in [0.25, 0.3) is 0 Å². The highest BCUT2D eigenvalue weighted by molar-refractivity contribution is 5.99. The maximum absolute atomic E-state index is 11.1. The van der Waals surface area contributed by atoms with Gasteiger partial charge in [0.25, 0.3) is 0 Å². The van der Waals surface area contributed by atoms with Crippen molar-refractivity contribution in [1.29, 1.82) is 0 Å². The molecule has 0 unspecified atom stereocenters. The number of amides is 1. The van der Waals surface area contributed by atoms with Crippen molar-refractivity contribution in [3.8, 4) is 0 Å². The van der Waals surface area contributed by atoms with Crippen LogP contribution in [0.1, 0.15) is 5.56 Å². The molecule has 74 valence electrons. The Hall–Kier alpha value is -1.55. The number of rotatable bonds is 3. The minimum atomic E-state index is 0.0657. The first kappa shape index (κ1) is 9.02. The molecule has 0 atom stereocenters. The number of carbonyl (C=O) groups is 1. The van der Waals surface area contributed by atoms with Crippen molar-refractivity contribution < 1.29 is 4.79 Å². The first-order valence-corrected chi connectivity index (χ1v) is 4.66. The lowest BCUT2D eigenvalue weighted by atomic mass is 10.1. The topological polar surface area (TPSA) is 67.1 Å². The molecule has 14 heavy (non-hydrogen) atoms. The van der Waals surface area contributed by atoms with Crippen LogP contribution in [0.4, 0.5) is 11.4 Å². The SMILES string of the molecule is NCCNc1ccc2c(c1)CC(=O)N2. The van der Waals surface area contributed by atoms with E-state index >= 15 is 0 Å². The first-order valence-electron chi connectivity index (χ1n) is 4.66. The van der Waals surface area contributed by atoms with E-state index in [4.69, 9.17) is 5.73 Å². The summed E-state index contributed by atoms with van der Waals surface area (Å²) in [5.41, 5.74) is 8.38. The van der Waals surface area contributed by atoms with Gasteiger partial charge in [0.05, 0.1) is 6.42 Å². The van der Waals surface area contributed by atoms with Crippen molar-refractivity contribution in [3.63, 3.8) is 0 Å². The summed E-state index contributed by atoms with van der Waals surface area (Å²) in [7, 11) is 0. The van der Waals surface area contributed by atoms with Crippen LogP contribution in [0.15, 0.2) is 18.2 Å². The summed E-state index contributed by atoms with van der Waals surface area (Å²) in [4.78, 5) is 11.1. The second kappa shape index (κ2) is 3.67. The molecule has 0 saturated carbocycles. The molecule has 4 heteroatoms. The number of hydrogen-bond acceptors (Lipinski definition) is 3. The molecule has 0 bridgehead atoms. The van der Waals surface area contributed by atoms with Gasteiger partial charge in [0.2, 0.25) is 5.91 Å². The van der Waals surface area contributed by atoms with Gasteiger partial charge in [0.1, 0.15) is 0 Å². The van der Waals surface area contributed by atoms with Gasteiger partial charge in [0.15, 0.2) is 0 Å². The normalized spacial score (nSPS) is 13.6. The largest absolute Gasteiger partial charge is 0.384 e. The lowest BCUT2D eigenvalue weighted by Gasteiger charge is -2.06. The predicted molar refractivity (Wildman–Crippen MR) is 56.3 cm³/mol. The van der Waals surface area contributed by atoms with Gasteiger partial charge in [-0.25, -0.2) is 0 Å². The van der Waals surface area contributed by atoms with Crippen LogP contribution in [0.5, 0.6) is 0 Å². The molecule has 0 saturated heterocycles. The van der Waals surface area contributed by atoms with E-state index in [-0.39, 0.29) is 5.91 Å². The van der Waals surface area contributed by atoms with Crippen LogP contribution in [-0.4, -0.2) is 19.0 Å². The molecule has 0 radical (unpaired) electrons. The molecule has 2 rings (SSSR count). The molecule has 0 spiro atoms. The van der Waals surface area contributed by atoms with Gasteiger partial charge in [-0.3, -0.25) is 4.79 Å². The standard InChI is InChI=1S/C10H13N3O/c11-3-4-12-8-1-2-9-7(5-8)6-10(14)13-9/h1-2,5,12H,3-4,6,11H2,(H,13,14). The van der Waals surface area contributed by atoms with Crippen molar-refractivity contribution >= 4 is 17.3 Å². The van der Waals surface area contributed by atoms with Gasteiger partial charge < -0.3 is 16.4 Å². The van der Waals surface area contributed by atoms with Crippen molar-refractivity contribution in [2.75, 3.05) is 23.7 Å². The molecule has 1 amide bonds. The van der Waals surface area contributed by atoms with E-state index < -0.39 is 0 Å². The van der Waals surface area contributed by atoms with Crippen molar-refractivity contribution in [3.05, 3.63) is 23.8 Å². The van der Waals surface area contributed by atoms with Crippen LogP contribution in [0.2, 0.25) is 0 Å². The van der Waals surface area contributed by atoms with Gasteiger partial charge in [0, 0.05) is 24.5 Å². The lowest BCUT2D eigenvalue weighted by Crippen LogP contribution is -2.13. The molecular weight excluding hydrogens is 178 g/mol. The van der Waals surface area contributed by atoms with E-state index in [1.54, 1.807) is 0 Å². The molecule has 1 heterocycles. The molecule has 4 nitrogen and oxygen atoms in total. The van der Waals surface area contributed by atoms with Crippen molar-refractivity contribution in [1.82, 2.24) is 0 Å². The minimum Gasteiger partial charge on any atom is -0.384 e. The van der Waals surface area contributed by atoms with Crippen molar-refractivity contribution in [2.24, 2.45) is 5.73 Å². The number of hydrogen-bond donors (Lipinski definition) is 3. The van der Waals surface area contributed by atoms with Gasteiger partial charge in [-0.1, -0.05) is 0 Å². The zero-order valence-corrected chi connectivity index (χ0v) is 7.84. The Bertz CT molecular complexity index is 362. The number of anilines is 2. The third kappa shape index (κ3) is 1.70. The summed E-state index contributed by atoms with van der Waals surface area (Å²) >= 11 is 0. The maximum atomic E-state index is 11.1. The average Bonchev–Trinajstić information content (AvgIpc) is 2.54. The molecule has 1 aliphatic heterocycles. The van der Waals surface area contributed by atoms with Crippen LogP contribution >= 0.6 is 0 Å². The predicted octanol–water partition coefficient (Wildman–Crippen LogP) is 0.552. The smallest absolute Gasteiger partial charge is 0.228 e. The molecule has 0 aromatic heterocycles. The van der Waals surface area contributed by atoms with Crippen LogP contribution < -0.4 is 16.4 Å². The van der Waals surface area contributed by atoms with Crippen LogP contribution in [0, 0.1) is 0 Å². The molecule has 4 N–H and O–H groups in total. The fourth-order valence-electron chi connectivity index (χ4n) is 1.56. The Morgan fingerprint density at radius 2 is 2.36 bits per heavy atom. The highest BCUT2D eigenvalue weighted by atomic mass is 16.1. The Balaban J connectivity index is 2.16. The maximum Gasteiger partial charge on any atom is 0.228 e. The molecule has 0 fully saturated rings. The van der Waals surface area contributed by atoms with Gasteiger partial charge in [-0.05, 0) is 23.8 Å². The van der Waals surface area contributed by atoms with E-state index in [2.05, 4.69) is 10.6 Å². The number of carbonyl (C=O) groups excluding carboxylic acids is 1. The summed E-state index contributed by atoms with van der Waals surface area (Å²) in [5, 5.41) is 5.96. The van der Waals surface area contributed by atoms with Gasteiger partial charge in [-0.2, -0.15) is 0 Å². The van der Waals surface area contributed by atoms with E-state index in [1.165, 1.54) is 0 Å². The second-order valence-electron chi connectivity index (χ2n) is 3.31. The molecule has 1 aromatic carbocycles. The summed E-state index contributed by atoms with van der Waals surface area (Å²) in [6.07, 6.45) is 0.480. The van der Waals surface area contributed by atoms with E-state index in [0.717, 1.165) is 23.5 Å². The van der Waals surface area contributed by atoms with Gasteiger partial charge in [-0.15, -0.1) is 0 Å². The third-order valence-electron chi connectivity index (χ3n) is 2.20. The van der Waals surface area contributed by atoms with Crippen LogP contribution in [0.3, 0.4) is 0 Å². The first-order chi connectivity index (χ1) is 6.79. The molecule has 0 aliphatic carbocycles. The van der Waals surface area contributed by atoms with E-state index in [0.29, 0.717) is 13.0 Å². The summed E-state index contributed by atoms with van der Waals surface area (Å²) < 4.78 is 0. The highest BCUT2D eigenvalue weighted by Gasteiger charge is 2.16. The summed E-state index contributed by atoms with van der Waals surface area (Å²) in [6.45, 7) is 1.36. The monoisotopic (exact) mass is 191 g/mol. The number of nitrogens with two attached hydrogens (primary N) is 1. The average molecular weight is 191 g/mol. The number of fused-ring (bicyclic) bond motifs is 1. The number of benzene rings is 1. The summed E-state index contributed by atoms with van der Waals surface area (Å²) in [6, 6.07) is 5.85. The van der Waals surface area contributed by atoms with Crippen molar-refractivity contribution in [2.45, 2.75) is 6.42 Å². The second-order valence-corrected chi connectivity index (χ2v) is 3.31. The Kier molecular flexibility index (Phi) is 2.37. The summed E-state index contributed by atoms with van der Waals surface area (Å²) in [5.74, 6) is 0.0657. The van der Waals surface area contributed by atoms with Crippen LogP contribution in [-0.2, 0) is 11.2 Å². The molecule has 1 aromatic rings. The Labute approximate surface area is 82.5 Å². The number of nitrogens with one attached hydrogen (secondary N) is 2.